The van der Waals surface area contributed by atoms with Crippen molar-refractivity contribution in [1.82, 2.24) is 15.5 Å². The van der Waals surface area contributed by atoms with Crippen LogP contribution in [0.4, 0.5) is 0 Å². The van der Waals surface area contributed by atoms with Crippen LogP contribution in [0.1, 0.15) is 69.9 Å². The maximum absolute atomic E-state index is 11.5. The van der Waals surface area contributed by atoms with Crippen molar-refractivity contribution >= 4 is 29.4 Å². The lowest BCUT2D eigenvalue weighted by Gasteiger charge is -2.48. The Balaban J connectivity index is 1.27. The Morgan fingerprint density at radius 3 is 2.57 bits per heavy atom. The van der Waals surface area contributed by atoms with E-state index >= 15 is 0 Å². The second-order valence-corrected chi connectivity index (χ2v) is 12.8. The third-order valence-corrected chi connectivity index (χ3v) is 10.3. The molecule has 5 nitrogen and oxygen atoms in total. The molecule has 0 radical (unpaired) electrons. The van der Waals surface area contributed by atoms with Crippen LogP contribution in [0.5, 0.6) is 0 Å². The van der Waals surface area contributed by atoms with Crippen LogP contribution >= 0.6 is 23.2 Å². The van der Waals surface area contributed by atoms with Gasteiger partial charge in [0.2, 0.25) is 0 Å². The summed E-state index contributed by atoms with van der Waals surface area (Å²) in [6.07, 6.45) is 15.2. The molecule has 1 aromatic carbocycles. The molecule has 1 aliphatic heterocycles. The number of benzene rings is 1. The standard InChI is InChI=1S/C30H42Cl2N4O/c1-20(25-7-6-24(31)15-26(25)32)35-27-17-30(16-23(30)14-21(27)18-33)22-8-12-36(13-9-22)28(37)29(19-34-2)10-4-3-5-11-29/h6-7,14-15,17-18,20,22-23,28,33-35,37H,3-5,8-13,16,19H2,1-2H3. The molecule has 5 rings (SSSR count). The number of hydrogen-bond acceptors (Lipinski definition) is 5. The van der Waals surface area contributed by atoms with Gasteiger partial charge in [0.15, 0.2) is 0 Å². The van der Waals surface area contributed by atoms with Gasteiger partial charge in [-0.15, -0.1) is 0 Å². The highest BCUT2D eigenvalue weighted by atomic mass is 35.5. The van der Waals surface area contributed by atoms with Crippen LogP contribution < -0.4 is 10.6 Å². The minimum atomic E-state index is -0.359. The molecule has 7 heteroatoms. The third kappa shape index (κ3) is 5.27. The van der Waals surface area contributed by atoms with Crippen molar-refractivity contribution in [3.05, 3.63) is 57.2 Å². The Labute approximate surface area is 232 Å². The zero-order valence-electron chi connectivity index (χ0n) is 22.2. The minimum absolute atomic E-state index is 0.00238. The van der Waals surface area contributed by atoms with E-state index in [0.29, 0.717) is 21.9 Å². The molecule has 37 heavy (non-hydrogen) atoms. The van der Waals surface area contributed by atoms with Crippen LogP contribution in [0, 0.1) is 28.1 Å². The average molecular weight is 546 g/mol. The molecule has 4 aliphatic rings. The van der Waals surface area contributed by atoms with Crippen LogP contribution in [0.3, 0.4) is 0 Å². The summed E-state index contributed by atoms with van der Waals surface area (Å²) < 4.78 is 0. The maximum Gasteiger partial charge on any atom is 0.114 e. The van der Waals surface area contributed by atoms with E-state index in [1.165, 1.54) is 25.5 Å². The number of aliphatic hydroxyl groups is 1. The zero-order chi connectivity index (χ0) is 26.2. The lowest BCUT2D eigenvalue weighted by molar-refractivity contribution is -0.118. The topological polar surface area (TPSA) is 71.4 Å². The molecule has 3 fully saturated rings. The second-order valence-electron chi connectivity index (χ2n) is 11.9. The van der Waals surface area contributed by atoms with Gasteiger partial charge in [-0.1, -0.05) is 60.7 Å². The number of nitrogens with one attached hydrogen (secondary N) is 3. The highest BCUT2D eigenvalue weighted by molar-refractivity contribution is 6.35. The number of halogens is 2. The summed E-state index contributed by atoms with van der Waals surface area (Å²) in [4.78, 5) is 2.36. The van der Waals surface area contributed by atoms with Gasteiger partial charge in [0.25, 0.3) is 0 Å². The molecule has 4 N–H and O–H groups in total. The molecule has 4 unspecified atom stereocenters. The summed E-state index contributed by atoms with van der Waals surface area (Å²) in [6, 6.07) is 5.64. The van der Waals surface area contributed by atoms with E-state index < -0.39 is 0 Å². The molecule has 1 aromatic rings. The SMILES string of the molecule is CNCC1(C(O)N2CCC(C34C=C(NC(C)c5ccc(Cl)cc5Cl)C(C=N)=CC3C4)CC2)CCCCC1. The van der Waals surface area contributed by atoms with E-state index in [-0.39, 0.29) is 23.1 Å². The normalized spacial score (nSPS) is 29.5. The van der Waals surface area contributed by atoms with Crippen molar-refractivity contribution in [3.8, 4) is 0 Å². The van der Waals surface area contributed by atoms with Crippen LogP contribution in [-0.4, -0.2) is 49.1 Å². The predicted molar refractivity (Wildman–Crippen MR) is 153 cm³/mol. The molecule has 4 atom stereocenters. The molecule has 0 bridgehead atoms. The second kappa shape index (κ2) is 11.0. The zero-order valence-corrected chi connectivity index (χ0v) is 23.7. The Kier molecular flexibility index (Phi) is 8.10. The number of piperidine rings is 1. The summed E-state index contributed by atoms with van der Waals surface area (Å²) in [5.74, 6) is 1.11. The monoisotopic (exact) mass is 544 g/mol. The van der Waals surface area contributed by atoms with E-state index in [0.717, 1.165) is 68.6 Å². The van der Waals surface area contributed by atoms with Gasteiger partial charge in [-0.05, 0) is 75.6 Å². The molecular weight excluding hydrogens is 503 g/mol. The fourth-order valence-electron chi connectivity index (χ4n) is 7.57. The van der Waals surface area contributed by atoms with Crippen LogP contribution in [-0.2, 0) is 0 Å². The van der Waals surface area contributed by atoms with Gasteiger partial charge >= 0.3 is 0 Å². The van der Waals surface area contributed by atoms with Gasteiger partial charge in [-0.25, -0.2) is 0 Å². The molecule has 0 aromatic heterocycles. The third-order valence-electron chi connectivity index (χ3n) is 9.73. The van der Waals surface area contributed by atoms with Crippen molar-refractivity contribution in [1.29, 1.82) is 5.41 Å². The lowest BCUT2D eigenvalue weighted by atomic mass is 9.71. The largest absolute Gasteiger partial charge is 0.378 e. The van der Waals surface area contributed by atoms with Crippen molar-refractivity contribution in [2.45, 2.75) is 70.6 Å². The summed E-state index contributed by atoms with van der Waals surface area (Å²) >= 11 is 12.6. The number of fused-ring (bicyclic) bond motifs is 1. The van der Waals surface area contributed by atoms with Gasteiger partial charge < -0.3 is 21.1 Å². The Bertz CT molecular complexity index is 1050. The van der Waals surface area contributed by atoms with Crippen molar-refractivity contribution in [3.63, 3.8) is 0 Å². The molecule has 2 saturated carbocycles. The molecular formula is C30H42Cl2N4O. The van der Waals surface area contributed by atoms with Gasteiger partial charge in [0, 0.05) is 58.0 Å². The first-order chi connectivity index (χ1) is 17.8. The van der Waals surface area contributed by atoms with Gasteiger partial charge in [-0.2, -0.15) is 0 Å². The maximum atomic E-state index is 11.5. The van der Waals surface area contributed by atoms with E-state index in [1.807, 2.05) is 19.2 Å². The van der Waals surface area contributed by atoms with Crippen LogP contribution in [0.2, 0.25) is 10.0 Å². The molecule has 0 spiro atoms. The number of aliphatic hydroxyl groups excluding tert-OH is 1. The summed E-state index contributed by atoms with van der Waals surface area (Å²) in [5, 5.41) is 27.9. The predicted octanol–water partition coefficient (Wildman–Crippen LogP) is 6.32. The smallest absolute Gasteiger partial charge is 0.114 e. The van der Waals surface area contributed by atoms with Crippen molar-refractivity contribution in [2.75, 3.05) is 26.7 Å². The number of allylic oxidation sites excluding steroid dienone is 3. The first-order valence-corrected chi connectivity index (χ1v) is 14.8. The van der Waals surface area contributed by atoms with E-state index in [9.17, 15) is 5.11 Å². The van der Waals surface area contributed by atoms with Crippen LogP contribution in [0.15, 0.2) is 41.6 Å². The number of nitrogens with zero attached hydrogens (tertiary/aromatic N) is 1. The number of rotatable bonds is 9. The van der Waals surface area contributed by atoms with Gasteiger partial charge in [-0.3, -0.25) is 4.90 Å². The Hall–Kier alpha value is -1.37. The van der Waals surface area contributed by atoms with Crippen molar-refractivity contribution < 1.29 is 5.11 Å². The Morgan fingerprint density at radius 2 is 1.92 bits per heavy atom. The van der Waals surface area contributed by atoms with E-state index in [4.69, 9.17) is 28.6 Å². The van der Waals surface area contributed by atoms with Gasteiger partial charge in [0.05, 0.1) is 6.04 Å². The highest BCUT2D eigenvalue weighted by Gasteiger charge is 2.58. The molecule has 3 aliphatic carbocycles. The fourth-order valence-corrected chi connectivity index (χ4v) is 8.14. The average Bonchev–Trinajstić information content (AvgIpc) is 3.62. The van der Waals surface area contributed by atoms with Crippen molar-refractivity contribution in [2.24, 2.45) is 22.7 Å². The minimum Gasteiger partial charge on any atom is -0.378 e. The Morgan fingerprint density at radius 1 is 1.19 bits per heavy atom. The van der Waals surface area contributed by atoms with Crippen LogP contribution in [0.25, 0.3) is 0 Å². The summed E-state index contributed by atoms with van der Waals surface area (Å²) in [7, 11) is 2.01. The number of likely N-dealkylation sites (tertiary alicyclic amines) is 1. The highest BCUT2D eigenvalue weighted by Crippen LogP contribution is 2.64. The summed E-state index contributed by atoms with van der Waals surface area (Å²) in [6.45, 7) is 4.92. The quantitative estimate of drug-likeness (QED) is 0.274. The van der Waals surface area contributed by atoms with E-state index in [2.05, 4.69) is 34.6 Å². The molecule has 1 heterocycles. The first kappa shape index (κ1) is 27.2. The number of hydrogen-bond donors (Lipinski definition) is 4. The molecule has 1 saturated heterocycles. The molecule has 202 valence electrons. The summed E-state index contributed by atoms with van der Waals surface area (Å²) in [5.41, 5.74) is 3.17. The lowest BCUT2D eigenvalue weighted by Crippen LogP contribution is -2.55. The molecule has 0 amide bonds. The first-order valence-electron chi connectivity index (χ1n) is 14.1. The van der Waals surface area contributed by atoms with Gasteiger partial charge in [0.1, 0.15) is 6.23 Å². The fraction of sp³-hybridized carbons (Fsp3) is 0.633. The van der Waals surface area contributed by atoms with E-state index in [1.54, 1.807) is 6.07 Å².